The molecule has 0 aliphatic carbocycles. The molecule has 1 N–H and O–H groups in total. The summed E-state index contributed by atoms with van der Waals surface area (Å²) in [6.07, 6.45) is 0. The zero-order valence-electron chi connectivity index (χ0n) is 7.72. The molecule has 0 aliphatic heterocycles. The average molecular weight is 219 g/mol. The summed E-state index contributed by atoms with van der Waals surface area (Å²) in [5.41, 5.74) is 0.632. The van der Waals surface area contributed by atoms with Gasteiger partial charge in [-0.15, -0.1) is 11.3 Å². The Morgan fingerprint density at radius 1 is 1.54 bits per heavy atom. The van der Waals surface area contributed by atoms with Gasteiger partial charge in [-0.25, -0.2) is 4.79 Å². The smallest absolute Gasteiger partial charge is 0.346 e. The van der Waals surface area contributed by atoms with Crippen LogP contribution in [-0.2, 0) is 5.41 Å². The van der Waals surface area contributed by atoms with Crippen molar-refractivity contribution in [2.75, 3.05) is 0 Å². The lowest BCUT2D eigenvalue weighted by Crippen LogP contribution is -2.14. The Morgan fingerprint density at radius 3 is 2.38 bits per heavy atom. The van der Waals surface area contributed by atoms with Gasteiger partial charge in [-0.1, -0.05) is 32.4 Å². The molecule has 4 heteroatoms. The van der Waals surface area contributed by atoms with Crippen molar-refractivity contribution in [3.05, 3.63) is 20.8 Å². The molecular formula is C9H11ClO2S. The molecule has 1 rings (SSSR count). The highest BCUT2D eigenvalue weighted by Crippen LogP contribution is 2.34. The number of hydrogen-bond acceptors (Lipinski definition) is 2. The Balaban J connectivity index is 3.28. The Bertz CT molecular complexity index is 336. The molecule has 1 heterocycles. The van der Waals surface area contributed by atoms with E-state index in [2.05, 4.69) is 0 Å². The third-order valence-electron chi connectivity index (χ3n) is 1.70. The van der Waals surface area contributed by atoms with Gasteiger partial charge in [0.15, 0.2) is 0 Å². The van der Waals surface area contributed by atoms with Crippen LogP contribution in [0.5, 0.6) is 0 Å². The van der Waals surface area contributed by atoms with Gasteiger partial charge in [0.1, 0.15) is 4.88 Å². The van der Waals surface area contributed by atoms with Gasteiger partial charge < -0.3 is 5.11 Å². The summed E-state index contributed by atoms with van der Waals surface area (Å²) in [5, 5.41) is 8.89. The molecule has 0 aliphatic rings. The van der Waals surface area contributed by atoms with Crippen LogP contribution < -0.4 is 0 Å². The molecular weight excluding hydrogens is 208 g/mol. The van der Waals surface area contributed by atoms with Gasteiger partial charge >= 0.3 is 5.97 Å². The van der Waals surface area contributed by atoms with E-state index >= 15 is 0 Å². The largest absolute Gasteiger partial charge is 0.477 e. The van der Waals surface area contributed by atoms with Crippen LogP contribution in [0.2, 0.25) is 4.34 Å². The quantitative estimate of drug-likeness (QED) is 0.785. The first-order chi connectivity index (χ1) is 5.82. The van der Waals surface area contributed by atoms with Crippen LogP contribution in [0.25, 0.3) is 0 Å². The van der Waals surface area contributed by atoms with Crippen LogP contribution in [0, 0.1) is 0 Å². The topological polar surface area (TPSA) is 37.3 Å². The maximum Gasteiger partial charge on any atom is 0.346 e. The number of aromatic carboxylic acids is 1. The Labute approximate surface area is 86.2 Å². The first-order valence-electron chi connectivity index (χ1n) is 3.85. The lowest BCUT2D eigenvalue weighted by molar-refractivity contribution is 0.0699. The first-order valence-corrected chi connectivity index (χ1v) is 5.05. The second kappa shape index (κ2) is 3.31. The van der Waals surface area contributed by atoms with Crippen LogP contribution >= 0.6 is 22.9 Å². The fourth-order valence-electron chi connectivity index (χ4n) is 1.08. The van der Waals surface area contributed by atoms with Crippen molar-refractivity contribution >= 4 is 28.9 Å². The number of carboxylic acid groups (broad SMARTS) is 1. The zero-order chi connectivity index (χ0) is 10.2. The summed E-state index contributed by atoms with van der Waals surface area (Å²) in [7, 11) is 0. The van der Waals surface area contributed by atoms with Crippen molar-refractivity contribution in [1.29, 1.82) is 0 Å². The van der Waals surface area contributed by atoms with E-state index < -0.39 is 5.97 Å². The van der Waals surface area contributed by atoms with Gasteiger partial charge in [-0.2, -0.15) is 0 Å². The van der Waals surface area contributed by atoms with E-state index in [-0.39, 0.29) is 5.41 Å². The molecule has 0 saturated heterocycles. The minimum atomic E-state index is -0.901. The molecule has 13 heavy (non-hydrogen) atoms. The second-order valence-electron chi connectivity index (χ2n) is 3.85. The molecule has 1 aromatic rings. The van der Waals surface area contributed by atoms with E-state index in [0.29, 0.717) is 9.21 Å². The number of carboxylic acids is 1. The Morgan fingerprint density at radius 2 is 2.08 bits per heavy atom. The number of hydrogen-bond donors (Lipinski definition) is 1. The van der Waals surface area contributed by atoms with Gasteiger partial charge in [0.25, 0.3) is 0 Å². The van der Waals surface area contributed by atoms with E-state index in [4.69, 9.17) is 16.7 Å². The Kier molecular flexibility index (Phi) is 2.68. The van der Waals surface area contributed by atoms with Gasteiger partial charge in [0, 0.05) is 0 Å². The second-order valence-corrected chi connectivity index (χ2v) is 5.53. The van der Waals surface area contributed by atoms with Crippen LogP contribution in [0.4, 0.5) is 0 Å². The number of carbonyl (C=O) groups is 1. The van der Waals surface area contributed by atoms with E-state index in [0.717, 1.165) is 16.9 Å². The summed E-state index contributed by atoms with van der Waals surface area (Å²) in [4.78, 5) is 11.2. The molecule has 0 spiro atoms. The normalized spacial score (nSPS) is 11.7. The van der Waals surface area contributed by atoms with Crippen molar-refractivity contribution < 1.29 is 9.90 Å². The predicted molar refractivity (Wildman–Crippen MR) is 55.0 cm³/mol. The van der Waals surface area contributed by atoms with E-state index in [1.54, 1.807) is 6.07 Å². The third-order valence-corrected chi connectivity index (χ3v) is 2.96. The molecule has 0 atom stereocenters. The lowest BCUT2D eigenvalue weighted by Gasteiger charge is -2.17. The van der Waals surface area contributed by atoms with E-state index in [1.807, 2.05) is 20.8 Å². The molecule has 0 unspecified atom stereocenters. The maximum atomic E-state index is 10.8. The molecule has 0 amide bonds. The Hall–Kier alpha value is -0.540. The van der Waals surface area contributed by atoms with Crippen LogP contribution in [0.3, 0.4) is 0 Å². The summed E-state index contributed by atoms with van der Waals surface area (Å²) in [6, 6.07) is 1.73. The molecule has 72 valence electrons. The van der Waals surface area contributed by atoms with Crippen LogP contribution in [0.15, 0.2) is 6.07 Å². The number of thiophene rings is 1. The molecule has 1 aromatic heterocycles. The highest BCUT2D eigenvalue weighted by Gasteiger charge is 2.24. The highest BCUT2D eigenvalue weighted by atomic mass is 35.5. The molecule has 0 bridgehead atoms. The van der Waals surface area contributed by atoms with Crippen molar-refractivity contribution in [2.24, 2.45) is 0 Å². The maximum absolute atomic E-state index is 10.8. The molecule has 0 saturated carbocycles. The number of rotatable bonds is 1. The fraction of sp³-hybridized carbons (Fsp3) is 0.444. The summed E-state index contributed by atoms with van der Waals surface area (Å²) in [5.74, 6) is -0.901. The monoisotopic (exact) mass is 218 g/mol. The minimum absolute atomic E-state index is 0.169. The minimum Gasteiger partial charge on any atom is -0.477 e. The average Bonchev–Trinajstić information content (AvgIpc) is 2.29. The standard InChI is InChI=1S/C9H11ClO2S/c1-9(2,3)5-4-6(10)13-7(5)8(11)12/h4H,1-3H3,(H,11,12). The van der Waals surface area contributed by atoms with Gasteiger partial charge in [0.05, 0.1) is 4.34 Å². The van der Waals surface area contributed by atoms with Crippen LogP contribution in [-0.4, -0.2) is 11.1 Å². The van der Waals surface area contributed by atoms with Gasteiger partial charge in [-0.05, 0) is 17.0 Å². The van der Waals surface area contributed by atoms with Gasteiger partial charge in [0.2, 0.25) is 0 Å². The molecule has 0 fully saturated rings. The van der Waals surface area contributed by atoms with E-state index in [9.17, 15) is 4.79 Å². The fourth-order valence-corrected chi connectivity index (χ4v) is 2.35. The molecule has 0 aromatic carbocycles. The third kappa shape index (κ3) is 2.23. The van der Waals surface area contributed by atoms with Crippen molar-refractivity contribution in [2.45, 2.75) is 26.2 Å². The molecule has 2 nitrogen and oxygen atoms in total. The molecule has 0 radical (unpaired) electrons. The predicted octanol–water partition coefficient (Wildman–Crippen LogP) is 3.40. The number of halogens is 1. The summed E-state index contributed by atoms with van der Waals surface area (Å²) >= 11 is 6.89. The van der Waals surface area contributed by atoms with E-state index in [1.165, 1.54) is 0 Å². The van der Waals surface area contributed by atoms with Crippen molar-refractivity contribution in [3.63, 3.8) is 0 Å². The van der Waals surface area contributed by atoms with Crippen molar-refractivity contribution in [3.8, 4) is 0 Å². The SMILES string of the molecule is CC(C)(C)c1cc(Cl)sc1C(=O)O. The first kappa shape index (κ1) is 10.5. The van der Waals surface area contributed by atoms with Crippen LogP contribution in [0.1, 0.15) is 36.0 Å². The summed E-state index contributed by atoms with van der Waals surface area (Å²) in [6.45, 7) is 5.91. The zero-order valence-corrected chi connectivity index (χ0v) is 9.29. The lowest BCUT2D eigenvalue weighted by atomic mass is 9.87. The van der Waals surface area contributed by atoms with Crippen molar-refractivity contribution in [1.82, 2.24) is 0 Å². The highest BCUT2D eigenvalue weighted by molar-refractivity contribution is 7.18. The summed E-state index contributed by atoms with van der Waals surface area (Å²) < 4.78 is 0.530. The van der Waals surface area contributed by atoms with Gasteiger partial charge in [-0.3, -0.25) is 0 Å².